The van der Waals surface area contributed by atoms with Gasteiger partial charge in [-0.15, -0.1) is 0 Å². The second kappa shape index (κ2) is 5.82. The molecule has 92 valence electrons. The Morgan fingerprint density at radius 1 is 1.41 bits per heavy atom. The highest BCUT2D eigenvalue weighted by molar-refractivity contribution is 9.10. The predicted molar refractivity (Wildman–Crippen MR) is 68.1 cm³/mol. The van der Waals surface area contributed by atoms with Gasteiger partial charge in [-0.3, -0.25) is 9.59 Å². The van der Waals surface area contributed by atoms with Crippen LogP contribution in [0, 0.1) is 6.92 Å². The molecule has 4 nitrogen and oxygen atoms in total. The summed E-state index contributed by atoms with van der Waals surface area (Å²) in [5.74, 6) is -1.07. The number of rotatable bonds is 4. The Balaban J connectivity index is 2.82. The van der Waals surface area contributed by atoms with Crippen LogP contribution in [0.15, 0.2) is 22.7 Å². The maximum absolute atomic E-state index is 12.0. The second-order valence-corrected chi connectivity index (χ2v) is 4.64. The average Bonchev–Trinajstić information content (AvgIpc) is 2.28. The van der Waals surface area contributed by atoms with Crippen LogP contribution in [0.3, 0.4) is 0 Å². The minimum Gasteiger partial charge on any atom is -0.481 e. The van der Waals surface area contributed by atoms with Crippen LogP contribution in [0.2, 0.25) is 0 Å². The summed E-state index contributed by atoms with van der Waals surface area (Å²) in [5, 5.41) is 8.57. The fourth-order valence-corrected chi connectivity index (χ4v) is 1.78. The Hall–Kier alpha value is -1.36. The Morgan fingerprint density at radius 2 is 2.06 bits per heavy atom. The summed E-state index contributed by atoms with van der Waals surface area (Å²) in [7, 11) is 1.60. The first-order valence-electron chi connectivity index (χ1n) is 5.16. The molecule has 0 aliphatic rings. The molecule has 0 spiro atoms. The normalized spacial score (nSPS) is 10.1. The zero-order valence-electron chi connectivity index (χ0n) is 9.74. The fourth-order valence-electron chi connectivity index (χ4n) is 1.41. The highest BCUT2D eigenvalue weighted by Gasteiger charge is 2.15. The minimum absolute atomic E-state index is 0.0463. The largest absolute Gasteiger partial charge is 0.481 e. The third-order valence-electron chi connectivity index (χ3n) is 2.51. The molecule has 1 aromatic carbocycles. The van der Waals surface area contributed by atoms with Crippen LogP contribution in [-0.2, 0) is 4.79 Å². The lowest BCUT2D eigenvalue weighted by atomic mass is 10.1. The van der Waals surface area contributed by atoms with E-state index in [9.17, 15) is 9.59 Å². The van der Waals surface area contributed by atoms with E-state index < -0.39 is 5.97 Å². The molecule has 0 aliphatic heterocycles. The smallest absolute Gasteiger partial charge is 0.305 e. The zero-order valence-corrected chi connectivity index (χ0v) is 11.3. The molecule has 17 heavy (non-hydrogen) atoms. The third kappa shape index (κ3) is 3.56. The van der Waals surface area contributed by atoms with Crippen LogP contribution in [0.1, 0.15) is 22.3 Å². The molecule has 0 heterocycles. The van der Waals surface area contributed by atoms with Gasteiger partial charge in [-0.1, -0.05) is 22.0 Å². The van der Waals surface area contributed by atoms with Crippen LogP contribution in [0.4, 0.5) is 0 Å². The van der Waals surface area contributed by atoms with Gasteiger partial charge in [0.25, 0.3) is 5.91 Å². The maximum atomic E-state index is 12.0. The number of carboxylic acids is 1. The number of hydrogen-bond donors (Lipinski definition) is 1. The van der Waals surface area contributed by atoms with Crippen molar-refractivity contribution in [1.82, 2.24) is 4.90 Å². The van der Waals surface area contributed by atoms with Crippen molar-refractivity contribution in [2.75, 3.05) is 13.6 Å². The summed E-state index contributed by atoms with van der Waals surface area (Å²) in [6.45, 7) is 2.06. The molecule has 0 unspecified atom stereocenters. The van der Waals surface area contributed by atoms with Gasteiger partial charge in [-0.25, -0.2) is 0 Å². The van der Waals surface area contributed by atoms with Crippen molar-refractivity contribution in [2.45, 2.75) is 13.3 Å². The van der Waals surface area contributed by atoms with Crippen molar-refractivity contribution in [3.05, 3.63) is 33.8 Å². The number of nitrogens with zero attached hydrogens (tertiary/aromatic N) is 1. The molecule has 0 fully saturated rings. The van der Waals surface area contributed by atoms with Gasteiger partial charge in [0.05, 0.1) is 6.42 Å². The monoisotopic (exact) mass is 299 g/mol. The lowest BCUT2D eigenvalue weighted by Crippen LogP contribution is -2.29. The maximum Gasteiger partial charge on any atom is 0.305 e. The summed E-state index contributed by atoms with van der Waals surface area (Å²) in [5.41, 5.74) is 1.45. The van der Waals surface area contributed by atoms with E-state index in [0.29, 0.717) is 5.56 Å². The number of halogens is 1. The van der Waals surface area contributed by atoms with Gasteiger partial charge in [0.1, 0.15) is 0 Å². The predicted octanol–water partition coefficient (Wildman–Crippen LogP) is 2.30. The van der Waals surface area contributed by atoms with E-state index in [0.717, 1.165) is 10.0 Å². The number of carbonyl (C=O) groups excluding carboxylic acids is 1. The van der Waals surface area contributed by atoms with Crippen molar-refractivity contribution < 1.29 is 14.7 Å². The summed E-state index contributed by atoms with van der Waals surface area (Å²) in [6.07, 6.45) is -0.0463. The Kier molecular flexibility index (Phi) is 4.69. The minimum atomic E-state index is -0.907. The molecular weight excluding hydrogens is 286 g/mol. The number of carboxylic acid groups (broad SMARTS) is 1. The molecule has 1 amide bonds. The number of benzene rings is 1. The van der Waals surface area contributed by atoms with E-state index in [4.69, 9.17) is 5.11 Å². The molecule has 1 N–H and O–H groups in total. The van der Waals surface area contributed by atoms with Gasteiger partial charge in [-0.05, 0) is 24.6 Å². The Morgan fingerprint density at radius 3 is 2.65 bits per heavy atom. The van der Waals surface area contributed by atoms with Gasteiger partial charge >= 0.3 is 5.97 Å². The Bertz CT molecular complexity index is 445. The first-order chi connectivity index (χ1) is 7.93. The van der Waals surface area contributed by atoms with E-state index in [-0.39, 0.29) is 18.9 Å². The van der Waals surface area contributed by atoms with Crippen molar-refractivity contribution in [2.24, 2.45) is 0 Å². The standard InChI is InChI=1S/C12H14BrNO3/c1-8-9(4-3-5-10(8)13)12(17)14(2)7-6-11(15)16/h3-5H,6-7H2,1-2H3,(H,15,16). The molecule has 5 heteroatoms. The highest BCUT2D eigenvalue weighted by atomic mass is 79.9. The quantitative estimate of drug-likeness (QED) is 0.928. The molecule has 0 aromatic heterocycles. The zero-order chi connectivity index (χ0) is 13.0. The molecule has 0 aliphatic carbocycles. The lowest BCUT2D eigenvalue weighted by Gasteiger charge is -2.17. The molecular formula is C12H14BrNO3. The number of amides is 1. The van der Waals surface area contributed by atoms with Crippen LogP contribution in [0.25, 0.3) is 0 Å². The van der Waals surface area contributed by atoms with Crippen molar-refractivity contribution in [3.63, 3.8) is 0 Å². The fraction of sp³-hybridized carbons (Fsp3) is 0.333. The summed E-state index contributed by atoms with van der Waals surface area (Å²) in [4.78, 5) is 23.9. The van der Waals surface area contributed by atoms with Gasteiger partial charge < -0.3 is 10.0 Å². The van der Waals surface area contributed by atoms with Crippen molar-refractivity contribution >= 4 is 27.8 Å². The summed E-state index contributed by atoms with van der Waals surface area (Å²) < 4.78 is 0.870. The van der Waals surface area contributed by atoms with Gasteiger partial charge in [0, 0.05) is 23.6 Å². The topological polar surface area (TPSA) is 57.6 Å². The first-order valence-corrected chi connectivity index (χ1v) is 5.95. The van der Waals surface area contributed by atoms with Crippen molar-refractivity contribution in [3.8, 4) is 0 Å². The van der Waals surface area contributed by atoms with Gasteiger partial charge in [0.2, 0.25) is 0 Å². The molecule has 0 saturated heterocycles. The highest BCUT2D eigenvalue weighted by Crippen LogP contribution is 2.20. The third-order valence-corrected chi connectivity index (χ3v) is 3.36. The van der Waals surface area contributed by atoms with Crippen LogP contribution >= 0.6 is 15.9 Å². The average molecular weight is 300 g/mol. The molecule has 0 radical (unpaired) electrons. The Labute approximate surface area is 108 Å². The lowest BCUT2D eigenvalue weighted by molar-refractivity contribution is -0.137. The van der Waals surface area contributed by atoms with Crippen LogP contribution in [-0.4, -0.2) is 35.5 Å². The first kappa shape index (κ1) is 13.7. The molecule has 0 bridgehead atoms. The van der Waals surface area contributed by atoms with E-state index in [1.54, 1.807) is 19.2 Å². The summed E-state index contributed by atoms with van der Waals surface area (Å²) >= 11 is 3.36. The summed E-state index contributed by atoms with van der Waals surface area (Å²) in [6, 6.07) is 5.39. The van der Waals surface area contributed by atoms with Crippen LogP contribution in [0.5, 0.6) is 0 Å². The van der Waals surface area contributed by atoms with E-state index in [2.05, 4.69) is 15.9 Å². The number of aliphatic carboxylic acids is 1. The molecule has 1 aromatic rings. The second-order valence-electron chi connectivity index (χ2n) is 3.78. The van der Waals surface area contributed by atoms with E-state index in [1.165, 1.54) is 4.90 Å². The van der Waals surface area contributed by atoms with Crippen LogP contribution < -0.4 is 0 Å². The molecule has 1 rings (SSSR count). The van der Waals surface area contributed by atoms with E-state index in [1.807, 2.05) is 13.0 Å². The molecule has 0 atom stereocenters. The number of hydrogen-bond acceptors (Lipinski definition) is 2. The van der Waals surface area contributed by atoms with Gasteiger partial charge in [0.15, 0.2) is 0 Å². The van der Waals surface area contributed by atoms with E-state index >= 15 is 0 Å². The SMILES string of the molecule is Cc1c(Br)cccc1C(=O)N(C)CCC(=O)O. The number of carbonyl (C=O) groups is 2. The molecule has 0 saturated carbocycles. The van der Waals surface area contributed by atoms with Crippen molar-refractivity contribution in [1.29, 1.82) is 0 Å². The van der Waals surface area contributed by atoms with Gasteiger partial charge in [-0.2, -0.15) is 0 Å².